The number of rotatable bonds is 7. The van der Waals surface area contributed by atoms with Crippen LogP contribution in [0.3, 0.4) is 0 Å². The molecule has 6 nitrogen and oxygen atoms in total. The van der Waals surface area contributed by atoms with Gasteiger partial charge in [0.25, 0.3) is 5.91 Å². The van der Waals surface area contributed by atoms with Crippen molar-refractivity contribution >= 4 is 5.91 Å². The second kappa shape index (κ2) is 9.51. The average Bonchev–Trinajstić information content (AvgIpc) is 3.01. The fraction of sp³-hybridized carbons (Fsp3) is 0.714. The molecule has 1 amide bonds. The van der Waals surface area contributed by atoms with Crippen molar-refractivity contribution in [1.29, 1.82) is 0 Å². The Morgan fingerprint density at radius 2 is 2.00 bits per heavy atom. The Labute approximate surface area is 163 Å². The average molecular weight is 374 g/mol. The van der Waals surface area contributed by atoms with Gasteiger partial charge in [-0.05, 0) is 58.2 Å². The maximum Gasteiger partial charge on any atom is 0.272 e. The van der Waals surface area contributed by atoms with Gasteiger partial charge in [0.05, 0.1) is 5.69 Å². The lowest BCUT2D eigenvalue weighted by Gasteiger charge is -2.33. The van der Waals surface area contributed by atoms with E-state index in [0.717, 1.165) is 70.8 Å². The van der Waals surface area contributed by atoms with Crippen molar-refractivity contribution in [2.24, 2.45) is 13.0 Å². The smallest absolute Gasteiger partial charge is 0.272 e. The molecule has 0 bridgehead atoms. The molecule has 0 spiro atoms. The molecular weight excluding hydrogens is 338 g/mol. The van der Waals surface area contributed by atoms with E-state index < -0.39 is 0 Å². The fourth-order valence-electron chi connectivity index (χ4n) is 4.14. The maximum absolute atomic E-state index is 13.2. The summed E-state index contributed by atoms with van der Waals surface area (Å²) >= 11 is 0. The van der Waals surface area contributed by atoms with Crippen molar-refractivity contribution in [2.45, 2.75) is 32.6 Å². The molecule has 0 saturated carbocycles. The van der Waals surface area contributed by atoms with Gasteiger partial charge in [-0.3, -0.25) is 9.48 Å². The van der Waals surface area contributed by atoms with Crippen LogP contribution in [0, 0.1) is 12.8 Å². The monoisotopic (exact) mass is 373 g/mol. The van der Waals surface area contributed by atoms with Crippen LogP contribution in [0.4, 0.5) is 0 Å². The third-order valence-electron chi connectivity index (χ3n) is 5.86. The van der Waals surface area contributed by atoms with Crippen LogP contribution in [0.2, 0.25) is 0 Å². The molecule has 1 aliphatic heterocycles. The fourth-order valence-corrected chi connectivity index (χ4v) is 4.14. The summed E-state index contributed by atoms with van der Waals surface area (Å²) in [5.41, 5.74) is 1.61. The minimum absolute atomic E-state index is 0.131. The molecule has 0 unspecified atom stereocenters. The van der Waals surface area contributed by atoms with Gasteiger partial charge in [0.15, 0.2) is 0 Å². The van der Waals surface area contributed by atoms with Crippen LogP contribution in [0.15, 0.2) is 18.2 Å². The standard InChI is InChI=1S/C21H35N5O/c1-18-16-20(24(3)22-18)21(27)26(17-19-8-5-4-6-9-19)11-7-10-25-14-12-23(2)13-15-25/h4-5,16,19H,6-15,17H2,1-3H3/t19-/m0/s1. The summed E-state index contributed by atoms with van der Waals surface area (Å²) in [4.78, 5) is 20.2. The number of amides is 1. The normalized spacial score (nSPS) is 21.5. The Bertz CT molecular complexity index is 645. The molecule has 1 saturated heterocycles. The van der Waals surface area contributed by atoms with Crippen molar-refractivity contribution in [2.75, 3.05) is 52.9 Å². The topological polar surface area (TPSA) is 44.6 Å². The molecule has 1 aromatic rings. The first kappa shape index (κ1) is 20.1. The molecule has 3 rings (SSSR count). The van der Waals surface area contributed by atoms with Crippen LogP contribution in [0.5, 0.6) is 0 Å². The molecule has 6 heteroatoms. The van der Waals surface area contributed by atoms with Gasteiger partial charge in [-0.15, -0.1) is 0 Å². The number of carbonyl (C=O) groups is 1. The van der Waals surface area contributed by atoms with E-state index in [1.54, 1.807) is 4.68 Å². The lowest BCUT2D eigenvalue weighted by Crippen LogP contribution is -2.45. The summed E-state index contributed by atoms with van der Waals surface area (Å²) in [7, 11) is 4.05. The first-order valence-electron chi connectivity index (χ1n) is 10.4. The Morgan fingerprint density at radius 1 is 1.22 bits per heavy atom. The number of carbonyl (C=O) groups excluding carboxylic acids is 1. The predicted molar refractivity (Wildman–Crippen MR) is 109 cm³/mol. The zero-order valence-electron chi connectivity index (χ0n) is 17.2. The van der Waals surface area contributed by atoms with Gasteiger partial charge >= 0.3 is 0 Å². The van der Waals surface area contributed by atoms with E-state index in [2.05, 4.69) is 39.0 Å². The number of hydrogen-bond acceptors (Lipinski definition) is 4. The van der Waals surface area contributed by atoms with Crippen LogP contribution >= 0.6 is 0 Å². The number of aryl methyl sites for hydroxylation is 2. The molecule has 1 fully saturated rings. The van der Waals surface area contributed by atoms with Crippen molar-refractivity contribution in [1.82, 2.24) is 24.5 Å². The first-order valence-corrected chi connectivity index (χ1v) is 10.4. The molecule has 0 aromatic carbocycles. The molecule has 150 valence electrons. The van der Waals surface area contributed by atoms with Crippen molar-refractivity contribution in [3.8, 4) is 0 Å². The van der Waals surface area contributed by atoms with Crippen molar-refractivity contribution in [3.63, 3.8) is 0 Å². The van der Waals surface area contributed by atoms with E-state index in [4.69, 9.17) is 0 Å². The van der Waals surface area contributed by atoms with E-state index in [9.17, 15) is 4.79 Å². The summed E-state index contributed by atoms with van der Waals surface area (Å²) in [6, 6.07) is 1.91. The largest absolute Gasteiger partial charge is 0.337 e. The Morgan fingerprint density at radius 3 is 2.63 bits per heavy atom. The molecule has 1 aliphatic carbocycles. The zero-order valence-corrected chi connectivity index (χ0v) is 17.2. The summed E-state index contributed by atoms with van der Waals surface area (Å²) in [5.74, 6) is 0.711. The molecule has 2 heterocycles. The SMILES string of the molecule is Cc1cc(C(=O)N(CCCN2CCN(C)CC2)C[C@H]2CC=CCC2)n(C)n1. The van der Waals surface area contributed by atoms with E-state index in [1.807, 2.05) is 20.0 Å². The molecule has 0 radical (unpaired) electrons. The van der Waals surface area contributed by atoms with Crippen LogP contribution in [-0.4, -0.2) is 83.2 Å². The summed E-state index contributed by atoms with van der Waals surface area (Å²) in [5, 5.41) is 4.37. The number of piperazine rings is 1. The van der Waals surface area contributed by atoms with Gasteiger partial charge in [0.2, 0.25) is 0 Å². The molecule has 27 heavy (non-hydrogen) atoms. The van der Waals surface area contributed by atoms with Gasteiger partial charge in [-0.1, -0.05) is 12.2 Å². The highest BCUT2D eigenvalue weighted by molar-refractivity contribution is 5.92. The maximum atomic E-state index is 13.2. The van der Waals surface area contributed by atoms with Gasteiger partial charge in [-0.25, -0.2) is 0 Å². The van der Waals surface area contributed by atoms with E-state index in [-0.39, 0.29) is 5.91 Å². The molecular formula is C21H35N5O. The van der Waals surface area contributed by atoms with Crippen LogP contribution in [0.1, 0.15) is 41.9 Å². The minimum atomic E-state index is 0.131. The molecule has 1 atom stereocenters. The highest BCUT2D eigenvalue weighted by atomic mass is 16.2. The highest BCUT2D eigenvalue weighted by Gasteiger charge is 2.23. The number of likely N-dealkylation sites (N-methyl/N-ethyl adjacent to an activating group) is 1. The minimum Gasteiger partial charge on any atom is -0.337 e. The summed E-state index contributed by atoms with van der Waals surface area (Å²) in [6.45, 7) is 9.27. The number of nitrogens with zero attached hydrogens (tertiary/aromatic N) is 5. The first-order chi connectivity index (χ1) is 13.0. The lowest BCUT2D eigenvalue weighted by molar-refractivity contribution is 0.0698. The molecule has 1 aromatic heterocycles. The van der Waals surface area contributed by atoms with Crippen molar-refractivity contribution in [3.05, 3.63) is 29.6 Å². The number of allylic oxidation sites excluding steroid dienone is 2. The summed E-state index contributed by atoms with van der Waals surface area (Å²) < 4.78 is 1.73. The van der Waals surface area contributed by atoms with Crippen LogP contribution in [0.25, 0.3) is 0 Å². The Hall–Kier alpha value is -1.66. The molecule has 2 aliphatic rings. The van der Waals surface area contributed by atoms with E-state index in [1.165, 1.54) is 6.42 Å². The quantitative estimate of drug-likeness (QED) is 0.687. The van der Waals surface area contributed by atoms with Crippen LogP contribution < -0.4 is 0 Å². The Balaban J connectivity index is 1.59. The number of hydrogen-bond donors (Lipinski definition) is 0. The van der Waals surface area contributed by atoms with Gasteiger partial charge in [0.1, 0.15) is 5.69 Å². The molecule has 0 N–H and O–H groups in total. The van der Waals surface area contributed by atoms with Gasteiger partial charge in [0, 0.05) is 46.3 Å². The van der Waals surface area contributed by atoms with Crippen molar-refractivity contribution < 1.29 is 4.79 Å². The second-order valence-electron chi connectivity index (χ2n) is 8.19. The third kappa shape index (κ3) is 5.66. The lowest BCUT2D eigenvalue weighted by atomic mass is 9.94. The van der Waals surface area contributed by atoms with Crippen LogP contribution in [-0.2, 0) is 7.05 Å². The Kier molecular flexibility index (Phi) is 7.07. The van der Waals surface area contributed by atoms with E-state index in [0.29, 0.717) is 11.6 Å². The van der Waals surface area contributed by atoms with Gasteiger partial charge < -0.3 is 14.7 Å². The number of aromatic nitrogens is 2. The highest BCUT2D eigenvalue weighted by Crippen LogP contribution is 2.20. The second-order valence-corrected chi connectivity index (χ2v) is 8.19. The summed E-state index contributed by atoms with van der Waals surface area (Å²) in [6.07, 6.45) is 8.99. The predicted octanol–water partition coefficient (Wildman–Crippen LogP) is 2.16. The third-order valence-corrected chi connectivity index (χ3v) is 5.86. The zero-order chi connectivity index (χ0) is 19.2. The van der Waals surface area contributed by atoms with E-state index >= 15 is 0 Å². The van der Waals surface area contributed by atoms with Gasteiger partial charge in [-0.2, -0.15) is 5.10 Å².